The number of nitrogens with zero attached hydrogens (tertiary/aromatic N) is 1. The molecule has 0 radical (unpaired) electrons. The summed E-state index contributed by atoms with van der Waals surface area (Å²) in [6.45, 7) is 3.24. The van der Waals surface area contributed by atoms with Gasteiger partial charge in [0.1, 0.15) is 0 Å². The van der Waals surface area contributed by atoms with Crippen molar-refractivity contribution in [3.8, 4) is 0 Å². The average molecular weight is 315 g/mol. The number of halogens is 1. The van der Waals surface area contributed by atoms with Crippen LogP contribution in [0.2, 0.25) is 0 Å². The van der Waals surface area contributed by atoms with Crippen LogP contribution in [0.25, 0.3) is 0 Å². The van der Waals surface area contributed by atoms with Crippen LogP contribution < -0.4 is 5.32 Å². The number of amides is 1. The molecule has 6 heteroatoms. The number of carbonyl (C=O) groups is 2. The van der Waals surface area contributed by atoms with Crippen molar-refractivity contribution in [3.05, 3.63) is 35.4 Å². The van der Waals surface area contributed by atoms with Gasteiger partial charge in [0.15, 0.2) is 0 Å². The Bertz CT molecular complexity index is 466. The van der Waals surface area contributed by atoms with E-state index in [1.54, 1.807) is 11.9 Å². The summed E-state index contributed by atoms with van der Waals surface area (Å²) in [5.41, 5.74) is 2.45. The molecule has 1 aromatic carbocycles. The molecular weight excluding hydrogens is 292 g/mol. The minimum atomic E-state index is -0.850. The fourth-order valence-corrected chi connectivity index (χ4v) is 1.89. The van der Waals surface area contributed by atoms with Gasteiger partial charge in [-0.05, 0) is 31.5 Å². The van der Waals surface area contributed by atoms with Gasteiger partial charge < -0.3 is 10.4 Å². The average Bonchev–Trinajstić information content (AvgIpc) is 2.38. The first kappa shape index (κ1) is 19.4. The molecule has 2 N–H and O–H groups in total. The van der Waals surface area contributed by atoms with Crippen LogP contribution in [0.5, 0.6) is 0 Å². The van der Waals surface area contributed by atoms with Crippen LogP contribution in [0.3, 0.4) is 0 Å². The summed E-state index contributed by atoms with van der Waals surface area (Å²) in [6, 6.07) is 8.09. The summed E-state index contributed by atoms with van der Waals surface area (Å²) in [5, 5.41) is 11.4. The zero-order valence-electron chi connectivity index (χ0n) is 12.5. The van der Waals surface area contributed by atoms with E-state index in [-0.39, 0.29) is 31.3 Å². The first-order valence-corrected chi connectivity index (χ1v) is 6.70. The van der Waals surface area contributed by atoms with Crippen LogP contribution in [-0.2, 0) is 16.0 Å². The molecule has 0 aliphatic carbocycles. The number of aryl methyl sites for hydroxylation is 1. The Morgan fingerprint density at radius 3 is 2.57 bits per heavy atom. The maximum atomic E-state index is 11.7. The van der Waals surface area contributed by atoms with E-state index in [1.807, 2.05) is 12.1 Å². The lowest BCUT2D eigenvalue weighted by Crippen LogP contribution is -2.36. The molecule has 0 aromatic heterocycles. The highest BCUT2D eigenvalue weighted by molar-refractivity contribution is 5.85. The second-order valence-corrected chi connectivity index (χ2v) is 4.91. The molecule has 0 spiro atoms. The number of nitrogens with one attached hydrogen (secondary N) is 1. The highest BCUT2D eigenvalue weighted by Gasteiger charge is 2.07. The van der Waals surface area contributed by atoms with E-state index >= 15 is 0 Å². The van der Waals surface area contributed by atoms with E-state index in [2.05, 4.69) is 24.4 Å². The molecule has 118 valence electrons. The summed E-state index contributed by atoms with van der Waals surface area (Å²) in [5.74, 6) is -0.928. The van der Waals surface area contributed by atoms with Crippen LogP contribution in [0.15, 0.2) is 24.3 Å². The third-order valence-electron chi connectivity index (χ3n) is 3.10. The Kier molecular flexibility index (Phi) is 9.41. The summed E-state index contributed by atoms with van der Waals surface area (Å²) in [6.07, 6.45) is 0.851. The van der Waals surface area contributed by atoms with Crippen molar-refractivity contribution in [1.29, 1.82) is 0 Å². The van der Waals surface area contributed by atoms with Crippen molar-refractivity contribution in [2.45, 2.75) is 19.8 Å². The summed E-state index contributed by atoms with van der Waals surface area (Å²) >= 11 is 0. The maximum absolute atomic E-state index is 11.7. The summed E-state index contributed by atoms with van der Waals surface area (Å²) < 4.78 is 0. The van der Waals surface area contributed by atoms with E-state index in [9.17, 15) is 9.59 Å². The van der Waals surface area contributed by atoms with Crippen LogP contribution in [-0.4, -0.2) is 48.6 Å². The first-order valence-electron chi connectivity index (χ1n) is 6.70. The molecule has 0 saturated carbocycles. The van der Waals surface area contributed by atoms with Crippen molar-refractivity contribution in [1.82, 2.24) is 10.2 Å². The molecule has 0 unspecified atom stereocenters. The molecular formula is C15H23ClN2O3. The van der Waals surface area contributed by atoms with E-state index in [4.69, 9.17) is 5.11 Å². The van der Waals surface area contributed by atoms with Gasteiger partial charge in [-0.25, -0.2) is 0 Å². The van der Waals surface area contributed by atoms with Gasteiger partial charge >= 0.3 is 5.97 Å². The second kappa shape index (κ2) is 10.2. The van der Waals surface area contributed by atoms with Gasteiger partial charge in [-0.2, -0.15) is 0 Å². The summed E-state index contributed by atoms with van der Waals surface area (Å²) in [7, 11) is 1.74. The molecule has 0 aliphatic heterocycles. The van der Waals surface area contributed by atoms with E-state index in [0.717, 1.165) is 6.42 Å². The number of carboxylic acid groups (broad SMARTS) is 1. The SMILES string of the molecule is Cc1ccccc1CCNC(=O)CN(C)CCC(=O)O.Cl. The fourth-order valence-electron chi connectivity index (χ4n) is 1.89. The molecule has 5 nitrogen and oxygen atoms in total. The highest BCUT2D eigenvalue weighted by Crippen LogP contribution is 2.06. The Hall–Kier alpha value is -1.59. The zero-order chi connectivity index (χ0) is 15.0. The van der Waals surface area contributed by atoms with Gasteiger partial charge in [0.2, 0.25) is 5.91 Å². The molecule has 0 atom stereocenters. The van der Waals surface area contributed by atoms with Crippen LogP contribution >= 0.6 is 12.4 Å². The first-order chi connectivity index (χ1) is 9.49. The largest absolute Gasteiger partial charge is 0.481 e. The van der Waals surface area contributed by atoms with Gasteiger partial charge in [-0.15, -0.1) is 12.4 Å². The van der Waals surface area contributed by atoms with Gasteiger partial charge in [0.05, 0.1) is 13.0 Å². The third kappa shape index (κ3) is 8.32. The highest BCUT2D eigenvalue weighted by atomic mass is 35.5. The minimum Gasteiger partial charge on any atom is -0.481 e. The van der Waals surface area contributed by atoms with Crippen molar-refractivity contribution in [2.75, 3.05) is 26.7 Å². The lowest BCUT2D eigenvalue weighted by atomic mass is 10.1. The van der Waals surface area contributed by atoms with E-state index in [0.29, 0.717) is 13.1 Å². The Labute approximate surface area is 131 Å². The van der Waals surface area contributed by atoms with E-state index < -0.39 is 5.97 Å². The van der Waals surface area contributed by atoms with Crippen molar-refractivity contribution in [2.24, 2.45) is 0 Å². The number of benzene rings is 1. The Balaban J connectivity index is 0.00000400. The molecule has 1 amide bonds. The second-order valence-electron chi connectivity index (χ2n) is 4.91. The molecule has 21 heavy (non-hydrogen) atoms. The molecule has 0 aliphatic rings. The van der Waals surface area contributed by atoms with Crippen LogP contribution in [0.1, 0.15) is 17.5 Å². The summed E-state index contributed by atoms with van der Waals surface area (Å²) in [4.78, 5) is 23.8. The molecule has 0 heterocycles. The van der Waals surface area contributed by atoms with E-state index in [1.165, 1.54) is 11.1 Å². The Morgan fingerprint density at radius 2 is 1.95 bits per heavy atom. The van der Waals surface area contributed by atoms with Crippen molar-refractivity contribution < 1.29 is 14.7 Å². The van der Waals surface area contributed by atoms with Crippen LogP contribution in [0.4, 0.5) is 0 Å². The minimum absolute atomic E-state index is 0. The number of carbonyl (C=O) groups excluding carboxylic acids is 1. The van der Waals surface area contributed by atoms with Crippen LogP contribution in [0, 0.1) is 6.92 Å². The number of carboxylic acids is 1. The lowest BCUT2D eigenvalue weighted by Gasteiger charge is -2.15. The Morgan fingerprint density at radius 1 is 1.29 bits per heavy atom. The molecule has 1 rings (SSSR count). The number of aliphatic carboxylic acids is 1. The predicted octanol–water partition coefficient (Wildman–Crippen LogP) is 1.48. The third-order valence-corrected chi connectivity index (χ3v) is 3.10. The number of hydrogen-bond donors (Lipinski definition) is 2. The van der Waals surface area contributed by atoms with Crippen molar-refractivity contribution in [3.63, 3.8) is 0 Å². The number of rotatable bonds is 8. The number of hydrogen-bond acceptors (Lipinski definition) is 3. The quantitative estimate of drug-likeness (QED) is 0.762. The van der Waals surface area contributed by atoms with Gasteiger partial charge in [0, 0.05) is 13.1 Å². The fraction of sp³-hybridized carbons (Fsp3) is 0.467. The van der Waals surface area contributed by atoms with Crippen molar-refractivity contribution >= 4 is 24.3 Å². The van der Waals surface area contributed by atoms with Gasteiger partial charge in [-0.3, -0.25) is 14.5 Å². The standard InChI is InChI=1S/C15H22N2O3.ClH/c1-12-5-3-4-6-13(12)7-9-16-14(18)11-17(2)10-8-15(19)20;/h3-6H,7-11H2,1-2H3,(H,16,18)(H,19,20);1H. The van der Waals surface area contributed by atoms with Gasteiger partial charge in [-0.1, -0.05) is 24.3 Å². The lowest BCUT2D eigenvalue weighted by molar-refractivity contribution is -0.137. The number of likely N-dealkylation sites (N-methyl/N-ethyl adjacent to an activating group) is 1. The predicted molar refractivity (Wildman–Crippen MR) is 84.9 cm³/mol. The zero-order valence-corrected chi connectivity index (χ0v) is 13.3. The normalized spacial score (nSPS) is 10.0. The monoisotopic (exact) mass is 314 g/mol. The maximum Gasteiger partial charge on any atom is 0.304 e. The molecule has 0 saturated heterocycles. The molecule has 0 fully saturated rings. The molecule has 0 bridgehead atoms. The van der Waals surface area contributed by atoms with Gasteiger partial charge in [0.25, 0.3) is 0 Å². The topological polar surface area (TPSA) is 69.6 Å². The molecule has 1 aromatic rings. The smallest absolute Gasteiger partial charge is 0.304 e.